The van der Waals surface area contributed by atoms with Crippen molar-refractivity contribution in [2.24, 2.45) is 5.92 Å². The van der Waals surface area contributed by atoms with Crippen LogP contribution in [-0.4, -0.2) is 42.7 Å². The van der Waals surface area contributed by atoms with E-state index in [-0.39, 0.29) is 17.1 Å². The molecular weight excluding hydrogens is 252 g/mol. The van der Waals surface area contributed by atoms with Crippen LogP contribution in [0.5, 0.6) is 0 Å². The van der Waals surface area contributed by atoms with Crippen LogP contribution in [0.2, 0.25) is 0 Å². The molecule has 1 saturated carbocycles. The molecule has 3 fully saturated rings. The summed E-state index contributed by atoms with van der Waals surface area (Å²) in [5, 5.41) is 7.00. The van der Waals surface area contributed by atoms with Gasteiger partial charge in [-0.3, -0.25) is 4.79 Å². The largest absolute Gasteiger partial charge is 0.372 e. The molecule has 0 unspecified atom stereocenters. The smallest absolute Gasteiger partial charge is 0.149 e. The van der Waals surface area contributed by atoms with Crippen molar-refractivity contribution in [1.29, 1.82) is 0 Å². The van der Waals surface area contributed by atoms with E-state index in [2.05, 4.69) is 24.5 Å². The van der Waals surface area contributed by atoms with E-state index in [4.69, 9.17) is 4.74 Å². The molecule has 0 aromatic rings. The number of nitrogens with one attached hydrogen (secondary N) is 2. The first kappa shape index (κ1) is 15.9. The van der Waals surface area contributed by atoms with Gasteiger partial charge in [-0.25, -0.2) is 0 Å². The van der Waals surface area contributed by atoms with Crippen LogP contribution in [0.4, 0.5) is 0 Å². The van der Waals surface area contributed by atoms with Gasteiger partial charge in [0.25, 0.3) is 0 Å². The summed E-state index contributed by atoms with van der Waals surface area (Å²) < 4.78 is 6.17. The van der Waals surface area contributed by atoms with Gasteiger partial charge in [-0.05, 0) is 25.7 Å². The molecule has 4 heteroatoms. The fourth-order valence-corrected chi connectivity index (χ4v) is 3.09. The Morgan fingerprint density at radius 1 is 1.15 bits per heavy atom. The molecule has 0 atom stereocenters. The number of rotatable bonds is 7. The lowest BCUT2D eigenvalue weighted by Crippen LogP contribution is -2.64. The maximum absolute atomic E-state index is 11.8. The predicted molar refractivity (Wildman–Crippen MR) is 80.9 cm³/mol. The lowest BCUT2D eigenvalue weighted by Gasteiger charge is -2.53. The highest BCUT2D eigenvalue weighted by Gasteiger charge is 2.49. The van der Waals surface area contributed by atoms with Gasteiger partial charge in [0.15, 0.2) is 0 Å². The Balaban J connectivity index is 1.84. The van der Waals surface area contributed by atoms with Crippen molar-refractivity contribution in [2.45, 2.75) is 70.6 Å². The molecule has 0 aromatic heterocycles. The molecular formula is C16H30N2O2. The number of carbonyl (C=O) groups is 1. The maximum Gasteiger partial charge on any atom is 0.149 e. The molecule has 2 aliphatic heterocycles. The number of hydrogen-bond donors (Lipinski definition) is 2. The summed E-state index contributed by atoms with van der Waals surface area (Å²) in [4.78, 5) is 11.8. The number of ether oxygens (including phenoxy) is 1. The van der Waals surface area contributed by atoms with E-state index in [0.29, 0.717) is 18.4 Å². The van der Waals surface area contributed by atoms with E-state index < -0.39 is 0 Å². The summed E-state index contributed by atoms with van der Waals surface area (Å²) in [6.45, 7) is 10.4. The standard InChI is InChI=1S/C16H30N2O2/c1-12(2)14(19)9-18-15-5-7-16(8-6-15,20-11-15)10-17-13(3)4/h12-13,17-18H,5-11H2,1-4H3. The number of carbonyl (C=O) groups excluding carboxylic acids is 1. The fourth-order valence-electron chi connectivity index (χ4n) is 3.09. The zero-order valence-corrected chi connectivity index (χ0v) is 13.4. The molecule has 1 aliphatic carbocycles. The van der Waals surface area contributed by atoms with Gasteiger partial charge in [-0.15, -0.1) is 0 Å². The summed E-state index contributed by atoms with van der Waals surface area (Å²) >= 11 is 0. The van der Waals surface area contributed by atoms with Crippen LogP contribution in [0.25, 0.3) is 0 Å². The Labute approximate surface area is 123 Å². The fraction of sp³-hybridized carbons (Fsp3) is 0.938. The topological polar surface area (TPSA) is 50.4 Å². The number of fused-ring (bicyclic) bond motifs is 3. The van der Waals surface area contributed by atoms with Crippen LogP contribution in [0, 0.1) is 5.92 Å². The molecule has 2 N–H and O–H groups in total. The van der Waals surface area contributed by atoms with Gasteiger partial charge in [-0.2, -0.15) is 0 Å². The van der Waals surface area contributed by atoms with E-state index in [1.165, 1.54) is 0 Å². The molecule has 20 heavy (non-hydrogen) atoms. The molecule has 0 aromatic carbocycles. The highest BCUT2D eigenvalue weighted by Crippen LogP contribution is 2.43. The van der Waals surface area contributed by atoms with E-state index >= 15 is 0 Å². The van der Waals surface area contributed by atoms with Gasteiger partial charge >= 0.3 is 0 Å². The van der Waals surface area contributed by atoms with Crippen molar-refractivity contribution in [3.8, 4) is 0 Å². The van der Waals surface area contributed by atoms with Crippen molar-refractivity contribution in [1.82, 2.24) is 10.6 Å². The van der Waals surface area contributed by atoms with Gasteiger partial charge in [0.2, 0.25) is 0 Å². The Bertz CT molecular complexity index is 328. The monoisotopic (exact) mass is 282 g/mol. The van der Waals surface area contributed by atoms with Crippen LogP contribution in [-0.2, 0) is 9.53 Å². The lowest BCUT2D eigenvalue weighted by molar-refractivity contribution is -0.160. The first-order valence-electron chi connectivity index (χ1n) is 8.02. The number of ketones is 1. The average molecular weight is 282 g/mol. The molecule has 3 aliphatic rings. The Morgan fingerprint density at radius 2 is 1.80 bits per heavy atom. The van der Waals surface area contributed by atoms with Gasteiger partial charge in [0.1, 0.15) is 5.78 Å². The van der Waals surface area contributed by atoms with Crippen molar-refractivity contribution in [3.63, 3.8) is 0 Å². The highest BCUT2D eigenvalue weighted by atomic mass is 16.5. The summed E-state index contributed by atoms with van der Waals surface area (Å²) in [5.41, 5.74) is 0.0832. The van der Waals surface area contributed by atoms with Crippen LogP contribution in [0.3, 0.4) is 0 Å². The van der Waals surface area contributed by atoms with Crippen molar-refractivity contribution in [2.75, 3.05) is 19.7 Å². The third-order valence-electron chi connectivity index (χ3n) is 4.89. The summed E-state index contributed by atoms with van der Waals surface area (Å²) in [6.07, 6.45) is 4.43. The van der Waals surface area contributed by atoms with Gasteiger partial charge in [-0.1, -0.05) is 27.7 Å². The zero-order valence-electron chi connectivity index (χ0n) is 13.4. The Hall–Kier alpha value is -0.450. The average Bonchev–Trinajstić information content (AvgIpc) is 2.45. The van der Waals surface area contributed by atoms with Crippen LogP contribution in [0.15, 0.2) is 0 Å². The normalized spacial score (nSPS) is 33.1. The second-order valence-corrected chi connectivity index (χ2v) is 7.26. The first-order valence-corrected chi connectivity index (χ1v) is 8.02. The van der Waals surface area contributed by atoms with Crippen LogP contribution < -0.4 is 10.6 Å². The third-order valence-corrected chi connectivity index (χ3v) is 4.89. The van der Waals surface area contributed by atoms with E-state index in [9.17, 15) is 4.79 Å². The number of Topliss-reactive ketones (excluding diaryl/α,β-unsaturated/α-hetero) is 1. The maximum atomic E-state index is 11.8. The molecule has 0 amide bonds. The molecule has 0 spiro atoms. The highest BCUT2D eigenvalue weighted by molar-refractivity contribution is 5.82. The van der Waals surface area contributed by atoms with Gasteiger partial charge in [0, 0.05) is 24.0 Å². The summed E-state index contributed by atoms with van der Waals surface area (Å²) in [5.74, 6) is 0.407. The SMILES string of the molecule is CC(C)NCC12CCC(NCC(=O)C(C)C)(CC1)CO2. The van der Waals surface area contributed by atoms with Crippen molar-refractivity contribution < 1.29 is 9.53 Å². The van der Waals surface area contributed by atoms with Crippen molar-refractivity contribution in [3.05, 3.63) is 0 Å². The minimum absolute atomic E-state index is 0.0375. The molecule has 2 heterocycles. The second kappa shape index (κ2) is 6.12. The Morgan fingerprint density at radius 3 is 2.25 bits per heavy atom. The van der Waals surface area contributed by atoms with Crippen molar-refractivity contribution >= 4 is 5.78 Å². The summed E-state index contributed by atoms with van der Waals surface area (Å²) in [7, 11) is 0. The van der Waals surface area contributed by atoms with Gasteiger partial charge in [0.05, 0.1) is 18.8 Å². The molecule has 2 bridgehead atoms. The third kappa shape index (κ3) is 3.60. The van der Waals surface area contributed by atoms with Crippen LogP contribution in [0.1, 0.15) is 53.4 Å². The minimum atomic E-state index is 0.0375. The number of hydrogen-bond acceptors (Lipinski definition) is 4. The van der Waals surface area contributed by atoms with E-state index in [1.54, 1.807) is 0 Å². The molecule has 0 radical (unpaired) electrons. The molecule has 3 rings (SSSR count). The molecule has 4 nitrogen and oxygen atoms in total. The molecule has 2 saturated heterocycles. The quantitative estimate of drug-likeness (QED) is 0.748. The predicted octanol–water partition coefficient (Wildman–Crippen LogP) is 1.88. The minimum Gasteiger partial charge on any atom is -0.372 e. The van der Waals surface area contributed by atoms with Gasteiger partial charge < -0.3 is 15.4 Å². The second-order valence-electron chi connectivity index (χ2n) is 7.26. The Kier molecular flexibility index (Phi) is 4.88. The molecule has 116 valence electrons. The van der Waals surface area contributed by atoms with E-state index in [1.807, 2.05) is 13.8 Å². The zero-order chi connectivity index (χ0) is 14.8. The summed E-state index contributed by atoms with van der Waals surface area (Å²) in [6, 6.07) is 0.503. The van der Waals surface area contributed by atoms with E-state index in [0.717, 1.165) is 38.8 Å². The van der Waals surface area contributed by atoms with Crippen LogP contribution >= 0.6 is 0 Å². The lowest BCUT2D eigenvalue weighted by atomic mass is 9.71. The first-order chi connectivity index (χ1) is 9.37.